The Balaban J connectivity index is 1.51. The Morgan fingerprint density at radius 3 is 2.49 bits per heavy atom. The van der Waals surface area contributed by atoms with Crippen molar-refractivity contribution in [3.05, 3.63) is 89.0 Å². The van der Waals surface area contributed by atoms with Gasteiger partial charge in [0, 0.05) is 56.0 Å². The fourth-order valence-electron chi connectivity index (χ4n) is 5.64. The van der Waals surface area contributed by atoms with Gasteiger partial charge >= 0.3 is 6.03 Å². The third kappa shape index (κ3) is 10.6. The van der Waals surface area contributed by atoms with Gasteiger partial charge in [-0.25, -0.2) is 4.79 Å². The number of benzene rings is 3. The Morgan fingerprint density at radius 1 is 1.04 bits per heavy atom. The zero-order chi connectivity index (χ0) is 34.0. The minimum Gasteiger partial charge on any atom is -0.395 e. The SMILES string of the molecule is CSc1ccc2c(c1)C[C@@H](NC(=O)CC(C)(C)NC[C@@H](C)O)C(=O)N(Cc1ccc(-c3ccccc3CNC(=O)NCCO)cc1)C2. The molecular weight excluding hydrogens is 614 g/mol. The summed E-state index contributed by atoms with van der Waals surface area (Å²) in [5.74, 6) is -0.353. The van der Waals surface area contributed by atoms with Crippen LogP contribution in [0.5, 0.6) is 0 Å². The van der Waals surface area contributed by atoms with Crippen LogP contribution >= 0.6 is 11.8 Å². The van der Waals surface area contributed by atoms with Crippen molar-refractivity contribution in [1.29, 1.82) is 0 Å². The van der Waals surface area contributed by atoms with E-state index in [1.54, 1.807) is 18.7 Å². The van der Waals surface area contributed by atoms with Crippen LogP contribution in [-0.4, -0.2) is 76.6 Å². The maximum absolute atomic E-state index is 14.0. The number of rotatable bonds is 14. The molecule has 0 bridgehead atoms. The molecule has 3 aromatic rings. The molecule has 0 radical (unpaired) electrons. The van der Waals surface area contributed by atoms with Crippen LogP contribution < -0.4 is 21.3 Å². The molecule has 4 rings (SSSR count). The molecule has 1 aliphatic heterocycles. The lowest BCUT2D eigenvalue weighted by atomic mass is 9.98. The molecule has 47 heavy (non-hydrogen) atoms. The number of thioether (sulfide) groups is 1. The number of nitrogens with zero attached hydrogens (tertiary/aromatic N) is 1. The van der Waals surface area contributed by atoms with Gasteiger partial charge in [0.1, 0.15) is 6.04 Å². The predicted molar refractivity (Wildman–Crippen MR) is 186 cm³/mol. The molecular formula is C36H47N5O5S. The normalized spacial score (nSPS) is 15.4. The van der Waals surface area contributed by atoms with Crippen molar-refractivity contribution >= 4 is 29.6 Å². The maximum Gasteiger partial charge on any atom is 0.315 e. The monoisotopic (exact) mass is 661 g/mol. The minimum absolute atomic E-state index is 0.123. The Bertz CT molecular complexity index is 1530. The van der Waals surface area contributed by atoms with Crippen molar-refractivity contribution < 1.29 is 24.6 Å². The zero-order valence-corrected chi connectivity index (χ0v) is 28.5. The number of carbonyl (C=O) groups is 3. The first-order valence-corrected chi connectivity index (χ1v) is 17.2. The Hall–Kier alpha value is -3.90. The summed E-state index contributed by atoms with van der Waals surface area (Å²) in [4.78, 5) is 42.2. The van der Waals surface area contributed by atoms with Crippen LogP contribution in [-0.2, 0) is 35.6 Å². The summed E-state index contributed by atoms with van der Waals surface area (Å²) in [5.41, 5.74) is 5.43. The molecule has 0 spiro atoms. The van der Waals surface area contributed by atoms with Gasteiger partial charge in [-0.15, -0.1) is 11.8 Å². The molecule has 0 fully saturated rings. The first-order chi connectivity index (χ1) is 22.5. The highest BCUT2D eigenvalue weighted by Gasteiger charge is 2.32. The molecule has 1 heterocycles. The fraction of sp³-hybridized carbons (Fsp3) is 0.417. The van der Waals surface area contributed by atoms with Gasteiger partial charge in [-0.1, -0.05) is 54.6 Å². The molecule has 0 aliphatic carbocycles. The van der Waals surface area contributed by atoms with Gasteiger partial charge in [0.2, 0.25) is 11.8 Å². The number of urea groups is 1. The summed E-state index contributed by atoms with van der Waals surface area (Å²) in [6.45, 7) is 7.08. The molecule has 4 amide bonds. The van der Waals surface area contributed by atoms with E-state index in [0.717, 1.165) is 38.3 Å². The zero-order valence-electron chi connectivity index (χ0n) is 27.6. The minimum atomic E-state index is -0.707. The largest absolute Gasteiger partial charge is 0.395 e. The van der Waals surface area contributed by atoms with Crippen LogP contribution in [0, 0.1) is 0 Å². The Morgan fingerprint density at radius 2 is 1.79 bits per heavy atom. The number of hydrogen-bond donors (Lipinski definition) is 6. The van der Waals surface area contributed by atoms with Gasteiger partial charge in [0.25, 0.3) is 0 Å². The number of amides is 4. The first kappa shape index (κ1) is 35.9. The molecule has 0 saturated heterocycles. The summed E-state index contributed by atoms with van der Waals surface area (Å²) in [5, 5.41) is 30.3. The number of nitrogens with one attached hydrogen (secondary N) is 4. The second kappa shape index (κ2) is 16.8. The van der Waals surface area contributed by atoms with E-state index in [0.29, 0.717) is 32.6 Å². The highest BCUT2D eigenvalue weighted by atomic mass is 32.2. The standard InChI is InChI=1S/C36H47N5O5S/c1-24(43)20-39-36(2,3)19-33(44)40-32-18-29-17-30(47-4)14-13-28(29)23-41(34(32)45)22-25-9-11-26(12-10-25)31-8-6-5-7-27(31)21-38-35(46)37-15-16-42/h5-14,17,24,32,39,42-43H,15-16,18-23H2,1-4H3,(H,40,44)(H2,37,38,46)/t24-,32-/m1/s1. The van der Waals surface area contributed by atoms with E-state index in [1.165, 1.54) is 0 Å². The molecule has 1 aliphatic rings. The number of β-amino-alcohol motifs (C(OH)–C–C–N with tert-alkyl or cyclic N) is 1. The van der Waals surface area contributed by atoms with E-state index in [1.807, 2.05) is 73.5 Å². The van der Waals surface area contributed by atoms with Gasteiger partial charge in [-0.3, -0.25) is 9.59 Å². The van der Waals surface area contributed by atoms with E-state index in [4.69, 9.17) is 5.11 Å². The van der Waals surface area contributed by atoms with Crippen LogP contribution in [0.1, 0.15) is 49.4 Å². The van der Waals surface area contributed by atoms with Crippen molar-refractivity contribution in [2.24, 2.45) is 0 Å². The maximum atomic E-state index is 14.0. The molecule has 6 N–H and O–H groups in total. The second-order valence-corrected chi connectivity index (χ2v) is 13.5. The topological polar surface area (TPSA) is 143 Å². The van der Waals surface area contributed by atoms with Crippen LogP contribution in [0.2, 0.25) is 0 Å². The van der Waals surface area contributed by atoms with E-state index < -0.39 is 17.7 Å². The molecule has 10 nitrogen and oxygen atoms in total. The van der Waals surface area contributed by atoms with Crippen molar-refractivity contribution in [2.75, 3.05) is 26.0 Å². The number of fused-ring (bicyclic) bond motifs is 1. The third-order valence-corrected chi connectivity index (χ3v) is 8.84. The van der Waals surface area contributed by atoms with Gasteiger partial charge in [0.05, 0.1) is 12.7 Å². The van der Waals surface area contributed by atoms with Crippen molar-refractivity contribution in [2.45, 2.75) is 75.8 Å². The number of aliphatic hydroxyl groups excluding tert-OH is 2. The molecule has 252 valence electrons. The van der Waals surface area contributed by atoms with E-state index in [-0.39, 0.29) is 37.4 Å². The second-order valence-electron chi connectivity index (χ2n) is 12.6. The lowest BCUT2D eigenvalue weighted by Crippen LogP contribution is -2.51. The van der Waals surface area contributed by atoms with Crippen molar-refractivity contribution in [3.63, 3.8) is 0 Å². The van der Waals surface area contributed by atoms with Crippen LogP contribution in [0.3, 0.4) is 0 Å². The first-order valence-electron chi connectivity index (χ1n) is 15.9. The highest BCUT2D eigenvalue weighted by molar-refractivity contribution is 7.98. The average molecular weight is 662 g/mol. The quantitative estimate of drug-likeness (QED) is 0.145. The van der Waals surface area contributed by atoms with Crippen LogP contribution in [0.25, 0.3) is 11.1 Å². The van der Waals surface area contributed by atoms with Crippen LogP contribution in [0.15, 0.2) is 71.6 Å². The van der Waals surface area contributed by atoms with Gasteiger partial charge < -0.3 is 36.4 Å². The summed E-state index contributed by atoms with van der Waals surface area (Å²) in [6, 6.07) is 21.1. The molecule has 2 atom stereocenters. The smallest absolute Gasteiger partial charge is 0.315 e. The predicted octanol–water partition coefficient (Wildman–Crippen LogP) is 3.58. The summed E-state index contributed by atoms with van der Waals surface area (Å²) >= 11 is 1.64. The summed E-state index contributed by atoms with van der Waals surface area (Å²) in [7, 11) is 0. The van der Waals surface area contributed by atoms with E-state index >= 15 is 0 Å². The van der Waals surface area contributed by atoms with Crippen molar-refractivity contribution in [1.82, 2.24) is 26.2 Å². The Kier molecular flexibility index (Phi) is 12.8. The molecule has 0 unspecified atom stereocenters. The highest BCUT2D eigenvalue weighted by Crippen LogP contribution is 2.28. The number of carbonyl (C=O) groups excluding carboxylic acids is 3. The molecule has 0 saturated carbocycles. The lowest BCUT2D eigenvalue weighted by Gasteiger charge is -2.29. The molecule has 0 aromatic heterocycles. The van der Waals surface area contributed by atoms with Crippen LogP contribution in [0.4, 0.5) is 4.79 Å². The molecule has 11 heteroatoms. The van der Waals surface area contributed by atoms with E-state index in [9.17, 15) is 19.5 Å². The fourth-order valence-corrected chi connectivity index (χ4v) is 6.10. The number of aliphatic hydroxyl groups is 2. The Labute approximate surface area is 281 Å². The summed E-state index contributed by atoms with van der Waals surface area (Å²) < 4.78 is 0. The lowest BCUT2D eigenvalue weighted by molar-refractivity contribution is -0.137. The third-order valence-electron chi connectivity index (χ3n) is 8.11. The van der Waals surface area contributed by atoms with Gasteiger partial charge in [-0.2, -0.15) is 0 Å². The average Bonchev–Trinajstić information content (AvgIpc) is 3.17. The number of hydrogen-bond acceptors (Lipinski definition) is 7. The van der Waals surface area contributed by atoms with Gasteiger partial charge in [-0.05, 0) is 72.5 Å². The van der Waals surface area contributed by atoms with E-state index in [2.05, 4.69) is 39.5 Å². The summed E-state index contributed by atoms with van der Waals surface area (Å²) in [6.07, 6.45) is 2.06. The van der Waals surface area contributed by atoms with Crippen molar-refractivity contribution in [3.8, 4) is 11.1 Å². The molecule has 3 aromatic carbocycles. The van der Waals surface area contributed by atoms with Gasteiger partial charge in [0.15, 0.2) is 0 Å².